The lowest BCUT2D eigenvalue weighted by atomic mass is 10.0. The summed E-state index contributed by atoms with van der Waals surface area (Å²) in [5.74, 6) is 0.0927. The van der Waals surface area contributed by atoms with Crippen LogP contribution >= 0.6 is 0 Å². The van der Waals surface area contributed by atoms with Crippen LogP contribution in [0.5, 0.6) is 0 Å². The molecule has 2 rings (SSSR count). The molecule has 1 aromatic rings. The quantitative estimate of drug-likeness (QED) is 0.529. The largest absolute Gasteiger partial charge is 0.462 e. The number of hydrogen-bond acceptors (Lipinski definition) is 5. The maximum atomic E-state index is 12.7. The van der Waals surface area contributed by atoms with Gasteiger partial charge in [-0.05, 0) is 59.0 Å². The van der Waals surface area contributed by atoms with Crippen LogP contribution in [0.1, 0.15) is 54.9 Å². The van der Waals surface area contributed by atoms with Crippen LogP contribution in [-0.2, 0) is 14.8 Å². The van der Waals surface area contributed by atoms with E-state index < -0.39 is 16.0 Å². The van der Waals surface area contributed by atoms with E-state index in [1.165, 1.54) is 12.8 Å². The van der Waals surface area contributed by atoms with E-state index in [4.69, 9.17) is 4.74 Å². The number of carbonyl (C=O) groups is 1. The number of H-pyrrole nitrogens is 1. The molecule has 0 spiro atoms. The standard InChI is InChI=1S/C18H31N3O4S/c1-5-25-18(22)16-14(3)20-15(4)17(16)26(23,24)19-9-7-11-21-10-6-8-13(2)12-21/h13,19-20H,5-12H2,1-4H3. The van der Waals surface area contributed by atoms with Crippen molar-refractivity contribution in [2.75, 3.05) is 32.8 Å². The second-order valence-electron chi connectivity index (χ2n) is 7.10. The summed E-state index contributed by atoms with van der Waals surface area (Å²) in [6, 6.07) is 0. The Morgan fingerprint density at radius 1 is 1.35 bits per heavy atom. The summed E-state index contributed by atoms with van der Waals surface area (Å²) in [5.41, 5.74) is 1.05. The fourth-order valence-corrected chi connectivity index (χ4v) is 5.13. The predicted octanol–water partition coefficient (Wildman–Crippen LogP) is 2.21. The number of nitrogens with zero attached hydrogens (tertiary/aromatic N) is 1. The smallest absolute Gasteiger partial charge is 0.341 e. The Kier molecular flexibility index (Phi) is 7.25. The fraction of sp³-hybridized carbons (Fsp3) is 0.722. The average molecular weight is 386 g/mol. The first-order valence-corrected chi connectivity index (χ1v) is 10.8. The number of aromatic amines is 1. The van der Waals surface area contributed by atoms with Crippen molar-refractivity contribution in [2.24, 2.45) is 5.92 Å². The molecule has 2 N–H and O–H groups in total. The number of carbonyl (C=O) groups excluding carboxylic acids is 1. The number of aryl methyl sites for hydroxylation is 2. The topological polar surface area (TPSA) is 91.5 Å². The molecule has 0 aliphatic carbocycles. The van der Waals surface area contributed by atoms with Crippen molar-refractivity contribution < 1.29 is 17.9 Å². The second kappa shape index (κ2) is 9.01. The van der Waals surface area contributed by atoms with Gasteiger partial charge in [-0.2, -0.15) is 0 Å². The first-order chi connectivity index (χ1) is 12.3. The monoisotopic (exact) mass is 385 g/mol. The lowest BCUT2D eigenvalue weighted by molar-refractivity contribution is 0.0521. The molecule has 148 valence electrons. The molecule has 1 saturated heterocycles. The van der Waals surface area contributed by atoms with Crippen molar-refractivity contribution in [3.8, 4) is 0 Å². The van der Waals surface area contributed by atoms with Crippen molar-refractivity contribution in [2.45, 2.75) is 51.9 Å². The average Bonchev–Trinajstić information content (AvgIpc) is 2.87. The molecule has 0 aromatic carbocycles. The van der Waals surface area contributed by atoms with Crippen LogP contribution < -0.4 is 4.72 Å². The predicted molar refractivity (Wildman–Crippen MR) is 101 cm³/mol. The highest BCUT2D eigenvalue weighted by Gasteiger charge is 2.29. The van der Waals surface area contributed by atoms with Gasteiger partial charge in [0.05, 0.1) is 6.61 Å². The lowest BCUT2D eigenvalue weighted by Gasteiger charge is -2.30. The number of hydrogen-bond donors (Lipinski definition) is 2. The number of nitrogens with one attached hydrogen (secondary N) is 2. The number of aromatic nitrogens is 1. The van der Waals surface area contributed by atoms with Crippen LogP contribution in [-0.4, -0.2) is 57.1 Å². The van der Waals surface area contributed by atoms with E-state index in [1.807, 2.05) is 0 Å². The number of rotatable bonds is 8. The maximum absolute atomic E-state index is 12.7. The van der Waals surface area contributed by atoms with Gasteiger partial charge in [-0.25, -0.2) is 17.9 Å². The van der Waals surface area contributed by atoms with Gasteiger partial charge in [-0.3, -0.25) is 0 Å². The van der Waals surface area contributed by atoms with E-state index in [-0.39, 0.29) is 17.1 Å². The third kappa shape index (κ3) is 5.08. The summed E-state index contributed by atoms with van der Waals surface area (Å²) in [7, 11) is -3.78. The number of sulfonamides is 1. The minimum absolute atomic E-state index is 0.0000414. The van der Waals surface area contributed by atoms with Gasteiger partial charge in [-0.15, -0.1) is 0 Å². The molecule has 1 unspecified atom stereocenters. The Morgan fingerprint density at radius 2 is 2.08 bits per heavy atom. The molecular formula is C18H31N3O4S. The summed E-state index contributed by atoms with van der Waals surface area (Å²) in [6.07, 6.45) is 3.21. The van der Waals surface area contributed by atoms with Crippen LogP contribution in [0.2, 0.25) is 0 Å². The number of likely N-dealkylation sites (tertiary alicyclic amines) is 1. The van der Waals surface area contributed by atoms with Crippen molar-refractivity contribution in [3.05, 3.63) is 17.0 Å². The zero-order valence-electron chi connectivity index (χ0n) is 16.2. The minimum Gasteiger partial charge on any atom is -0.462 e. The Hall–Kier alpha value is -1.38. The normalized spacial score (nSPS) is 18.8. The van der Waals surface area contributed by atoms with Gasteiger partial charge in [0.1, 0.15) is 10.5 Å². The van der Waals surface area contributed by atoms with E-state index in [9.17, 15) is 13.2 Å². The summed E-state index contributed by atoms with van der Waals surface area (Å²) in [5, 5.41) is 0. The Bertz CT molecular complexity index is 727. The van der Waals surface area contributed by atoms with Gasteiger partial charge >= 0.3 is 5.97 Å². The van der Waals surface area contributed by atoms with Gasteiger partial charge in [0.25, 0.3) is 0 Å². The Balaban J connectivity index is 2.00. The van der Waals surface area contributed by atoms with Gasteiger partial charge in [-0.1, -0.05) is 6.92 Å². The van der Waals surface area contributed by atoms with E-state index in [2.05, 4.69) is 21.5 Å². The number of ether oxygens (including phenoxy) is 1. The molecular weight excluding hydrogens is 354 g/mol. The minimum atomic E-state index is -3.78. The molecule has 26 heavy (non-hydrogen) atoms. The molecule has 0 amide bonds. The molecule has 0 bridgehead atoms. The van der Waals surface area contributed by atoms with Crippen LogP contribution in [0.4, 0.5) is 0 Å². The van der Waals surface area contributed by atoms with Crippen molar-refractivity contribution in [1.82, 2.24) is 14.6 Å². The highest BCUT2D eigenvalue weighted by atomic mass is 32.2. The van der Waals surface area contributed by atoms with E-state index in [0.29, 0.717) is 23.9 Å². The van der Waals surface area contributed by atoms with E-state index in [0.717, 1.165) is 26.1 Å². The fourth-order valence-electron chi connectivity index (χ4n) is 3.61. The lowest BCUT2D eigenvalue weighted by Crippen LogP contribution is -2.36. The third-order valence-electron chi connectivity index (χ3n) is 4.75. The second-order valence-corrected chi connectivity index (χ2v) is 8.80. The molecule has 1 aliphatic heterocycles. The number of piperidine rings is 1. The Morgan fingerprint density at radius 3 is 2.73 bits per heavy atom. The summed E-state index contributed by atoms with van der Waals surface area (Å²) >= 11 is 0. The van der Waals surface area contributed by atoms with Crippen LogP contribution in [0.25, 0.3) is 0 Å². The molecule has 8 heteroatoms. The van der Waals surface area contributed by atoms with E-state index in [1.54, 1.807) is 20.8 Å². The maximum Gasteiger partial charge on any atom is 0.341 e. The van der Waals surface area contributed by atoms with Gasteiger partial charge in [0.2, 0.25) is 10.0 Å². The van der Waals surface area contributed by atoms with Gasteiger partial charge < -0.3 is 14.6 Å². The first kappa shape index (κ1) is 20.9. The van der Waals surface area contributed by atoms with Crippen molar-refractivity contribution in [1.29, 1.82) is 0 Å². The Labute approximate surface area is 156 Å². The molecule has 0 saturated carbocycles. The van der Waals surface area contributed by atoms with Gasteiger partial charge in [0, 0.05) is 24.5 Å². The van der Waals surface area contributed by atoms with E-state index >= 15 is 0 Å². The van der Waals surface area contributed by atoms with Gasteiger partial charge in [0.15, 0.2) is 0 Å². The molecule has 1 fully saturated rings. The van der Waals surface area contributed by atoms with Crippen molar-refractivity contribution >= 4 is 16.0 Å². The van der Waals surface area contributed by atoms with Crippen LogP contribution in [0, 0.1) is 19.8 Å². The molecule has 2 heterocycles. The molecule has 1 atom stereocenters. The SMILES string of the molecule is CCOC(=O)c1c(C)[nH]c(C)c1S(=O)(=O)NCCCN1CCCC(C)C1. The zero-order chi connectivity index (χ0) is 19.3. The summed E-state index contributed by atoms with van der Waals surface area (Å²) in [4.78, 5) is 17.5. The number of esters is 1. The zero-order valence-corrected chi connectivity index (χ0v) is 17.0. The summed E-state index contributed by atoms with van der Waals surface area (Å²) < 4.78 is 33.1. The molecule has 0 radical (unpaired) electrons. The van der Waals surface area contributed by atoms with Crippen LogP contribution in [0.15, 0.2) is 4.90 Å². The summed E-state index contributed by atoms with van der Waals surface area (Å²) in [6.45, 7) is 10.9. The third-order valence-corrected chi connectivity index (χ3v) is 6.38. The van der Waals surface area contributed by atoms with Crippen molar-refractivity contribution in [3.63, 3.8) is 0 Å². The highest BCUT2D eigenvalue weighted by Crippen LogP contribution is 2.24. The molecule has 1 aromatic heterocycles. The van der Waals surface area contributed by atoms with Crippen LogP contribution in [0.3, 0.4) is 0 Å². The highest BCUT2D eigenvalue weighted by molar-refractivity contribution is 7.89. The molecule has 1 aliphatic rings. The first-order valence-electron chi connectivity index (χ1n) is 9.34. The molecule has 7 nitrogen and oxygen atoms in total.